The summed E-state index contributed by atoms with van der Waals surface area (Å²) in [6, 6.07) is 21.5. The predicted octanol–water partition coefficient (Wildman–Crippen LogP) is 5.43. The van der Waals surface area contributed by atoms with Crippen molar-refractivity contribution in [1.29, 1.82) is 0 Å². The molecule has 0 atom stereocenters. The Kier molecular flexibility index (Phi) is 4.80. The molecule has 0 fully saturated rings. The molecular formula is C25H21N5O. The van der Waals surface area contributed by atoms with Gasteiger partial charge in [-0.3, -0.25) is 14.8 Å². The van der Waals surface area contributed by atoms with E-state index in [1.54, 1.807) is 18.6 Å². The molecule has 0 spiro atoms. The lowest BCUT2D eigenvalue weighted by molar-refractivity contribution is 0.0996. The van der Waals surface area contributed by atoms with E-state index in [0.29, 0.717) is 6.54 Å². The van der Waals surface area contributed by atoms with Crippen LogP contribution in [-0.4, -0.2) is 15.9 Å². The van der Waals surface area contributed by atoms with Gasteiger partial charge in [0.2, 0.25) is 0 Å². The number of nitrogens with one attached hydrogen (secondary N) is 2. The van der Waals surface area contributed by atoms with Gasteiger partial charge in [0.1, 0.15) is 0 Å². The van der Waals surface area contributed by atoms with Crippen LogP contribution in [0.5, 0.6) is 0 Å². The lowest BCUT2D eigenvalue weighted by Gasteiger charge is -2.17. The summed E-state index contributed by atoms with van der Waals surface area (Å²) in [6.07, 6.45) is 5.26. The summed E-state index contributed by atoms with van der Waals surface area (Å²) in [5, 5.41) is 6.75. The Hall–Kier alpha value is -4.19. The van der Waals surface area contributed by atoms with Gasteiger partial charge in [-0.2, -0.15) is 0 Å². The molecule has 1 aliphatic rings. The second kappa shape index (κ2) is 7.91. The fourth-order valence-electron chi connectivity index (χ4n) is 3.75. The van der Waals surface area contributed by atoms with Crippen molar-refractivity contribution in [3.8, 4) is 0 Å². The molecule has 5 rings (SSSR count). The first-order valence-electron chi connectivity index (χ1n) is 10.1. The number of hydrogen-bond donors (Lipinski definition) is 2. The van der Waals surface area contributed by atoms with Crippen molar-refractivity contribution >= 4 is 34.3 Å². The average Bonchev–Trinajstić information content (AvgIpc) is 3.10. The van der Waals surface area contributed by atoms with Gasteiger partial charge in [0.05, 0.1) is 6.54 Å². The van der Waals surface area contributed by atoms with Crippen LogP contribution in [0, 0.1) is 6.92 Å². The summed E-state index contributed by atoms with van der Waals surface area (Å²) in [5.41, 5.74) is 7.35. The lowest BCUT2D eigenvalue weighted by atomic mass is 10.1. The van der Waals surface area contributed by atoms with Gasteiger partial charge in [-0.05, 0) is 73.2 Å². The summed E-state index contributed by atoms with van der Waals surface area (Å²) in [5.74, 6) is 0.0161. The molecule has 1 amide bonds. The molecule has 6 nitrogen and oxygen atoms in total. The topological polar surface area (TPSA) is 70.2 Å². The van der Waals surface area contributed by atoms with Crippen LogP contribution in [0.25, 0.3) is 0 Å². The Morgan fingerprint density at radius 1 is 0.806 bits per heavy atom. The highest BCUT2D eigenvalue weighted by Gasteiger charge is 2.28. The zero-order valence-electron chi connectivity index (χ0n) is 17.0. The summed E-state index contributed by atoms with van der Waals surface area (Å²) in [7, 11) is 0. The number of benzene rings is 2. The molecule has 0 unspecified atom stereocenters. The van der Waals surface area contributed by atoms with Crippen LogP contribution in [-0.2, 0) is 6.54 Å². The van der Waals surface area contributed by atoms with Gasteiger partial charge >= 0.3 is 0 Å². The molecule has 2 aromatic carbocycles. The van der Waals surface area contributed by atoms with E-state index in [9.17, 15) is 4.79 Å². The van der Waals surface area contributed by atoms with Gasteiger partial charge in [-0.25, -0.2) is 0 Å². The maximum atomic E-state index is 13.0. The predicted molar refractivity (Wildman–Crippen MR) is 123 cm³/mol. The third-order valence-electron chi connectivity index (χ3n) is 5.22. The maximum Gasteiger partial charge on any atom is 0.258 e. The molecule has 3 heterocycles. The van der Waals surface area contributed by atoms with Crippen LogP contribution >= 0.6 is 0 Å². The number of pyridine rings is 2. The third-order valence-corrected chi connectivity index (χ3v) is 5.22. The van der Waals surface area contributed by atoms with Crippen molar-refractivity contribution in [3.05, 3.63) is 102 Å². The number of aromatic nitrogens is 2. The summed E-state index contributed by atoms with van der Waals surface area (Å²) in [4.78, 5) is 23.1. The van der Waals surface area contributed by atoms with Crippen LogP contribution < -0.4 is 15.5 Å². The zero-order chi connectivity index (χ0) is 21.2. The zero-order valence-corrected chi connectivity index (χ0v) is 17.0. The van der Waals surface area contributed by atoms with E-state index >= 15 is 0 Å². The standard InChI is InChI=1S/C25H21N5O/c1-17-13-22(9-12-27-17)29-21-5-6-24-18(14-21)16-30(25(24)31)23-4-2-3-20(15-23)28-19-7-10-26-11-8-19/h2-15H,16H2,1H3,(H,26,28)(H,27,29). The molecule has 6 heteroatoms. The van der Waals surface area contributed by atoms with Crippen LogP contribution in [0.15, 0.2) is 85.3 Å². The second-order valence-electron chi connectivity index (χ2n) is 7.49. The summed E-state index contributed by atoms with van der Waals surface area (Å²) in [6.45, 7) is 2.50. The second-order valence-corrected chi connectivity index (χ2v) is 7.49. The van der Waals surface area contributed by atoms with Gasteiger partial charge in [0, 0.05) is 58.3 Å². The number of aryl methyl sites for hydroxylation is 1. The van der Waals surface area contributed by atoms with Crippen molar-refractivity contribution in [2.45, 2.75) is 13.5 Å². The summed E-state index contributed by atoms with van der Waals surface area (Å²) < 4.78 is 0. The third kappa shape index (κ3) is 3.96. The highest BCUT2D eigenvalue weighted by atomic mass is 16.2. The summed E-state index contributed by atoms with van der Waals surface area (Å²) >= 11 is 0. The average molecular weight is 407 g/mol. The van der Waals surface area contributed by atoms with Crippen molar-refractivity contribution in [2.75, 3.05) is 15.5 Å². The van der Waals surface area contributed by atoms with Crippen molar-refractivity contribution in [2.24, 2.45) is 0 Å². The molecule has 152 valence electrons. The Morgan fingerprint density at radius 2 is 1.55 bits per heavy atom. The fourth-order valence-corrected chi connectivity index (χ4v) is 3.75. The largest absolute Gasteiger partial charge is 0.355 e. The van der Waals surface area contributed by atoms with Crippen LogP contribution in [0.1, 0.15) is 21.6 Å². The van der Waals surface area contributed by atoms with Crippen molar-refractivity contribution < 1.29 is 4.79 Å². The van der Waals surface area contributed by atoms with E-state index in [1.165, 1.54) is 0 Å². The Bertz CT molecular complexity index is 1260. The molecule has 0 saturated heterocycles. The van der Waals surface area contributed by atoms with Crippen LogP contribution in [0.2, 0.25) is 0 Å². The molecule has 31 heavy (non-hydrogen) atoms. The van der Waals surface area contributed by atoms with Crippen molar-refractivity contribution in [1.82, 2.24) is 9.97 Å². The van der Waals surface area contributed by atoms with E-state index < -0.39 is 0 Å². The van der Waals surface area contributed by atoms with E-state index in [4.69, 9.17) is 0 Å². The Morgan fingerprint density at radius 3 is 2.39 bits per heavy atom. The molecule has 0 bridgehead atoms. The number of carbonyl (C=O) groups excluding carboxylic acids is 1. The van der Waals surface area contributed by atoms with Gasteiger partial charge in [-0.1, -0.05) is 6.07 Å². The van der Waals surface area contributed by atoms with E-state index in [0.717, 1.165) is 45.3 Å². The number of rotatable bonds is 5. The van der Waals surface area contributed by atoms with E-state index in [-0.39, 0.29) is 5.91 Å². The quantitative estimate of drug-likeness (QED) is 0.461. The number of nitrogens with zero attached hydrogens (tertiary/aromatic N) is 3. The SMILES string of the molecule is Cc1cc(Nc2ccc3c(c2)CN(c2cccc(Nc4ccncc4)c2)C3=O)ccn1. The highest BCUT2D eigenvalue weighted by molar-refractivity contribution is 6.10. The number of hydrogen-bond acceptors (Lipinski definition) is 5. The molecule has 4 aromatic rings. The fraction of sp³-hybridized carbons (Fsp3) is 0.0800. The van der Waals surface area contributed by atoms with Crippen molar-refractivity contribution in [3.63, 3.8) is 0 Å². The number of carbonyl (C=O) groups is 1. The van der Waals surface area contributed by atoms with Gasteiger partial charge in [-0.15, -0.1) is 0 Å². The molecule has 2 N–H and O–H groups in total. The Balaban J connectivity index is 1.36. The van der Waals surface area contributed by atoms with Gasteiger partial charge in [0.15, 0.2) is 0 Å². The highest BCUT2D eigenvalue weighted by Crippen LogP contribution is 2.32. The molecule has 0 aliphatic carbocycles. The minimum atomic E-state index is 0.0161. The minimum Gasteiger partial charge on any atom is -0.355 e. The number of fused-ring (bicyclic) bond motifs is 1. The number of amides is 1. The smallest absolute Gasteiger partial charge is 0.258 e. The van der Waals surface area contributed by atoms with Gasteiger partial charge in [0.25, 0.3) is 5.91 Å². The van der Waals surface area contributed by atoms with Gasteiger partial charge < -0.3 is 15.5 Å². The molecule has 0 saturated carbocycles. The number of anilines is 5. The molecule has 1 aliphatic heterocycles. The first-order valence-corrected chi connectivity index (χ1v) is 10.1. The van der Waals surface area contributed by atoms with E-state index in [2.05, 4.69) is 20.6 Å². The lowest BCUT2D eigenvalue weighted by Crippen LogP contribution is -2.22. The molecule has 2 aromatic heterocycles. The normalized spacial score (nSPS) is 12.5. The maximum absolute atomic E-state index is 13.0. The monoisotopic (exact) mass is 407 g/mol. The Labute approximate surface area is 180 Å². The van der Waals surface area contributed by atoms with E-state index in [1.807, 2.05) is 78.6 Å². The molecule has 0 radical (unpaired) electrons. The molecular weight excluding hydrogens is 386 g/mol. The van der Waals surface area contributed by atoms with Crippen LogP contribution in [0.3, 0.4) is 0 Å². The van der Waals surface area contributed by atoms with Crippen LogP contribution in [0.4, 0.5) is 28.4 Å². The first-order chi connectivity index (χ1) is 15.2. The minimum absolute atomic E-state index is 0.0161. The first kappa shape index (κ1) is 18.8.